The van der Waals surface area contributed by atoms with Crippen molar-refractivity contribution < 1.29 is 0 Å². The second kappa shape index (κ2) is 4.99. The summed E-state index contributed by atoms with van der Waals surface area (Å²) in [5, 5.41) is 12.5. The van der Waals surface area contributed by atoms with Gasteiger partial charge in [-0.1, -0.05) is 11.6 Å². The Balaban J connectivity index is 2.31. The molecule has 3 nitrogen and oxygen atoms in total. The van der Waals surface area contributed by atoms with Gasteiger partial charge in [-0.15, -0.1) is 0 Å². The van der Waals surface area contributed by atoms with Crippen LogP contribution in [0, 0.1) is 18.3 Å². The number of nitrogens with zero attached hydrogens (tertiary/aromatic N) is 1. The number of hydrogen-bond donors (Lipinski definition) is 2. The number of aryl methyl sites for hydroxylation is 1. The number of nitriles is 1. The van der Waals surface area contributed by atoms with Gasteiger partial charge >= 0.3 is 0 Å². The Kier molecular flexibility index (Phi) is 3.40. The first-order valence-electron chi connectivity index (χ1n) is 5.42. The van der Waals surface area contributed by atoms with Crippen LogP contribution in [0.2, 0.25) is 5.02 Å². The average molecular weight is 258 g/mol. The fourth-order valence-corrected chi connectivity index (χ4v) is 1.95. The summed E-state index contributed by atoms with van der Waals surface area (Å²) < 4.78 is 0. The minimum atomic E-state index is 0.508. The second-order valence-corrected chi connectivity index (χ2v) is 4.47. The Hall–Kier alpha value is -2.18. The summed E-state index contributed by atoms with van der Waals surface area (Å²) in [4.78, 5) is 0. The van der Waals surface area contributed by atoms with Crippen molar-refractivity contribution in [3.63, 3.8) is 0 Å². The van der Waals surface area contributed by atoms with Crippen LogP contribution < -0.4 is 11.1 Å². The Morgan fingerprint density at radius 2 is 2.00 bits per heavy atom. The lowest BCUT2D eigenvalue weighted by molar-refractivity contribution is 1.44. The van der Waals surface area contributed by atoms with Crippen LogP contribution in [0.5, 0.6) is 0 Å². The SMILES string of the molecule is Cc1cc(N)cc(Nc2ccc(C#N)cc2Cl)c1. The summed E-state index contributed by atoms with van der Waals surface area (Å²) in [6.07, 6.45) is 0. The highest BCUT2D eigenvalue weighted by molar-refractivity contribution is 6.33. The van der Waals surface area contributed by atoms with E-state index in [1.807, 2.05) is 31.2 Å². The van der Waals surface area contributed by atoms with Gasteiger partial charge in [0.25, 0.3) is 0 Å². The topological polar surface area (TPSA) is 61.8 Å². The van der Waals surface area contributed by atoms with Crippen molar-refractivity contribution in [2.45, 2.75) is 6.92 Å². The first kappa shape index (κ1) is 12.3. The van der Waals surface area contributed by atoms with Gasteiger partial charge in [0.15, 0.2) is 0 Å². The first-order valence-corrected chi connectivity index (χ1v) is 5.80. The molecule has 0 aromatic heterocycles. The third-order valence-corrected chi connectivity index (χ3v) is 2.79. The van der Waals surface area contributed by atoms with Crippen LogP contribution in [0.3, 0.4) is 0 Å². The Labute approximate surface area is 111 Å². The van der Waals surface area contributed by atoms with Crippen molar-refractivity contribution in [1.82, 2.24) is 0 Å². The van der Waals surface area contributed by atoms with Crippen molar-refractivity contribution in [3.8, 4) is 6.07 Å². The van der Waals surface area contributed by atoms with Crippen LogP contribution >= 0.6 is 11.6 Å². The summed E-state index contributed by atoms with van der Waals surface area (Å²) in [5.74, 6) is 0. The molecule has 2 rings (SSSR count). The smallest absolute Gasteiger partial charge is 0.0992 e. The molecular weight excluding hydrogens is 246 g/mol. The van der Waals surface area contributed by atoms with Crippen LogP contribution in [0.15, 0.2) is 36.4 Å². The number of anilines is 3. The molecule has 2 aromatic carbocycles. The Morgan fingerprint density at radius 3 is 2.61 bits per heavy atom. The lowest BCUT2D eigenvalue weighted by atomic mass is 10.1. The highest BCUT2D eigenvalue weighted by Crippen LogP contribution is 2.27. The van der Waals surface area contributed by atoms with Crippen LogP contribution in [0.4, 0.5) is 17.1 Å². The lowest BCUT2D eigenvalue weighted by Gasteiger charge is -2.10. The van der Waals surface area contributed by atoms with Crippen LogP contribution in [-0.2, 0) is 0 Å². The van der Waals surface area contributed by atoms with E-state index < -0.39 is 0 Å². The molecule has 0 spiro atoms. The quantitative estimate of drug-likeness (QED) is 0.804. The van der Waals surface area contributed by atoms with Crippen molar-refractivity contribution >= 4 is 28.7 Å². The minimum absolute atomic E-state index is 0.508. The molecular formula is C14H12ClN3. The molecule has 0 heterocycles. The number of nitrogens with one attached hydrogen (secondary N) is 1. The van der Waals surface area contributed by atoms with E-state index in [2.05, 4.69) is 5.32 Å². The molecule has 4 heteroatoms. The predicted molar refractivity (Wildman–Crippen MR) is 75.0 cm³/mol. The molecule has 0 amide bonds. The first-order chi connectivity index (χ1) is 8.58. The number of nitrogen functional groups attached to an aromatic ring is 1. The lowest BCUT2D eigenvalue weighted by Crippen LogP contribution is -1.94. The maximum Gasteiger partial charge on any atom is 0.0992 e. The van der Waals surface area contributed by atoms with Crippen molar-refractivity contribution in [3.05, 3.63) is 52.5 Å². The molecule has 0 bridgehead atoms. The number of nitrogens with two attached hydrogens (primary N) is 1. The molecule has 0 saturated heterocycles. The van der Waals surface area contributed by atoms with Crippen molar-refractivity contribution in [2.24, 2.45) is 0 Å². The van der Waals surface area contributed by atoms with E-state index in [1.54, 1.807) is 18.2 Å². The average Bonchev–Trinajstić information content (AvgIpc) is 2.30. The molecule has 0 fully saturated rings. The Morgan fingerprint density at radius 1 is 1.22 bits per heavy atom. The fraction of sp³-hybridized carbons (Fsp3) is 0.0714. The molecule has 18 heavy (non-hydrogen) atoms. The maximum absolute atomic E-state index is 8.77. The van der Waals surface area contributed by atoms with Crippen molar-refractivity contribution in [2.75, 3.05) is 11.1 Å². The van der Waals surface area contributed by atoms with E-state index >= 15 is 0 Å². The summed E-state index contributed by atoms with van der Waals surface area (Å²) in [5.41, 5.74) is 9.71. The number of rotatable bonds is 2. The van der Waals surface area contributed by atoms with Gasteiger partial charge in [-0.25, -0.2) is 0 Å². The molecule has 0 aliphatic rings. The molecule has 0 aliphatic heterocycles. The van der Waals surface area contributed by atoms with E-state index in [0.717, 1.165) is 16.9 Å². The van der Waals surface area contributed by atoms with Gasteiger partial charge in [-0.3, -0.25) is 0 Å². The van der Waals surface area contributed by atoms with Gasteiger partial charge in [0, 0.05) is 11.4 Å². The molecule has 0 atom stereocenters. The van der Waals surface area contributed by atoms with Crippen molar-refractivity contribution in [1.29, 1.82) is 5.26 Å². The van der Waals surface area contributed by atoms with E-state index in [4.69, 9.17) is 22.6 Å². The molecule has 0 saturated carbocycles. The van der Waals surface area contributed by atoms with Crippen LogP contribution in [0.1, 0.15) is 11.1 Å². The van der Waals surface area contributed by atoms with Gasteiger partial charge < -0.3 is 11.1 Å². The van der Waals surface area contributed by atoms with E-state index in [1.165, 1.54) is 0 Å². The summed E-state index contributed by atoms with van der Waals surface area (Å²) in [7, 11) is 0. The third kappa shape index (κ3) is 2.73. The van der Waals surface area contributed by atoms with Gasteiger partial charge in [0.05, 0.1) is 22.3 Å². The largest absolute Gasteiger partial charge is 0.399 e. The molecule has 0 aliphatic carbocycles. The van der Waals surface area contributed by atoms with Gasteiger partial charge in [-0.2, -0.15) is 5.26 Å². The standard InChI is InChI=1S/C14H12ClN3/c1-9-4-11(17)7-12(5-9)18-14-3-2-10(8-16)6-13(14)15/h2-7,18H,17H2,1H3. The van der Waals surface area contributed by atoms with Crippen LogP contribution in [-0.4, -0.2) is 0 Å². The molecule has 0 unspecified atom stereocenters. The Bertz CT molecular complexity index is 609. The number of halogens is 1. The molecule has 0 radical (unpaired) electrons. The zero-order valence-electron chi connectivity index (χ0n) is 9.87. The minimum Gasteiger partial charge on any atom is -0.399 e. The summed E-state index contributed by atoms with van der Waals surface area (Å²) in [6.45, 7) is 1.97. The van der Waals surface area contributed by atoms with Crippen LogP contribution in [0.25, 0.3) is 0 Å². The third-order valence-electron chi connectivity index (χ3n) is 2.48. The monoisotopic (exact) mass is 257 g/mol. The van der Waals surface area contributed by atoms with E-state index in [9.17, 15) is 0 Å². The molecule has 90 valence electrons. The summed E-state index contributed by atoms with van der Waals surface area (Å²) >= 11 is 6.09. The number of benzene rings is 2. The molecule has 2 aromatic rings. The molecule has 3 N–H and O–H groups in total. The van der Waals surface area contributed by atoms with E-state index in [-0.39, 0.29) is 0 Å². The van der Waals surface area contributed by atoms with Gasteiger partial charge in [0.2, 0.25) is 0 Å². The normalized spacial score (nSPS) is 9.83. The summed E-state index contributed by atoms with van der Waals surface area (Å²) in [6, 6.07) is 12.9. The predicted octanol–water partition coefficient (Wildman–Crippen LogP) is 3.85. The zero-order valence-corrected chi connectivity index (χ0v) is 10.6. The fourth-order valence-electron chi connectivity index (χ4n) is 1.73. The van der Waals surface area contributed by atoms with E-state index in [0.29, 0.717) is 16.3 Å². The second-order valence-electron chi connectivity index (χ2n) is 4.06. The van der Waals surface area contributed by atoms with Gasteiger partial charge in [0.1, 0.15) is 0 Å². The highest BCUT2D eigenvalue weighted by atomic mass is 35.5. The maximum atomic E-state index is 8.77. The highest BCUT2D eigenvalue weighted by Gasteiger charge is 2.03. The zero-order chi connectivity index (χ0) is 13.1. The number of hydrogen-bond acceptors (Lipinski definition) is 3. The van der Waals surface area contributed by atoms with Gasteiger partial charge in [-0.05, 0) is 48.9 Å².